The average molecular weight is 385 g/mol. The maximum Gasteiger partial charge on any atom is 0.244 e. The number of hydrogen-bond donors (Lipinski definition) is 0. The van der Waals surface area contributed by atoms with Gasteiger partial charge in [0.25, 0.3) is 0 Å². The van der Waals surface area contributed by atoms with Crippen molar-refractivity contribution in [3.63, 3.8) is 0 Å². The Labute approximate surface area is 158 Å². The first-order valence-electron chi connectivity index (χ1n) is 8.42. The first-order chi connectivity index (χ1) is 12.9. The van der Waals surface area contributed by atoms with Gasteiger partial charge in [0.2, 0.25) is 10.0 Å². The standard InChI is InChI=1S/C20H19NO5S/c1-3-26-15-8-6-7-14(13-15)11-12-17(22)19-20(23)16-9-4-5-10-18(16)27(24,25)21(19)2/h4-13,19H,3H2,1-2H3. The first-order valence-corrected chi connectivity index (χ1v) is 9.86. The zero-order valence-electron chi connectivity index (χ0n) is 15.0. The number of rotatable bonds is 5. The van der Waals surface area contributed by atoms with Crippen LogP contribution in [0.15, 0.2) is 59.5 Å². The minimum Gasteiger partial charge on any atom is -0.494 e. The summed E-state index contributed by atoms with van der Waals surface area (Å²) >= 11 is 0. The minimum atomic E-state index is -3.91. The fraction of sp³-hybridized carbons (Fsp3) is 0.200. The Morgan fingerprint density at radius 2 is 1.93 bits per heavy atom. The lowest BCUT2D eigenvalue weighted by Crippen LogP contribution is -2.50. The molecule has 0 aliphatic carbocycles. The van der Waals surface area contributed by atoms with Gasteiger partial charge in [0.1, 0.15) is 5.75 Å². The number of carbonyl (C=O) groups excluding carboxylic acids is 2. The van der Waals surface area contributed by atoms with E-state index in [2.05, 4.69) is 0 Å². The van der Waals surface area contributed by atoms with Gasteiger partial charge in [0, 0.05) is 12.6 Å². The highest BCUT2D eigenvalue weighted by Crippen LogP contribution is 2.29. The second-order valence-corrected chi connectivity index (χ2v) is 7.99. The molecule has 1 aliphatic rings. The van der Waals surface area contributed by atoms with Crippen LogP contribution in [0, 0.1) is 0 Å². The molecule has 1 aliphatic heterocycles. The summed E-state index contributed by atoms with van der Waals surface area (Å²) in [5, 5.41) is 0. The van der Waals surface area contributed by atoms with Crippen molar-refractivity contribution in [3.05, 3.63) is 65.7 Å². The number of benzene rings is 2. The summed E-state index contributed by atoms with van der Waals surface area (Å²) < 4.78 is 31.5. The molecule has 140 valence electrons. The molecule has 7 heteroatoms. The average Bonchev–Trinajstić information content (AvgIpc) is 2.66. The molecule has 0 radical (unpaired) electrons. The van der Waals surface area contributed by atoms with Gasteiger partial charge in [-0.2, -0.15) is 4.31 Å². The zero-order valence-corrected chi connectivity index (χ0v) is 15.8. The Hall–Kier alpha value is -2.77. The molecule has 1 atom stereocenters. The van der Waals surface area contributed by atoms with Crippen LogP contribution in [0.1, 0.15) is 22.8 Å². The van der Waals surface area contributed by atoms with Crippen LogP contribution >= 0.6 is 0 Å². The number of ketones is 2. The second-order valence-electron chi connectivity index (χ2n) is 6.03. The summed E-state index contributed by atoms with van der Waals surface area (Å²) in [4.78, 5) is 25.3. The molecule has 0 bridgehead atoms. The van der Waals surface area contributed by atoms with E-state index in [-0.39, 0.29) is 10.5 Å². The van der Waals surface area contributed by atoms with E-state index in [1.165, 1.54) is 25.3 Å². The van der Waals surface area contributed by atoms with E-state index in [0.717, 1.165) is 4.31 Å². The highest BCUT2D eigenvalue weighted by molar-refractivity contribution is 7.89. The molecule has 0 amide bonds. The number of ether oxygens (including phenoxy) is 1. The molecule has 2 aromatic rings. The normalized spacial score (nSPS) is 19.0. The molecule has 0 saturated heterocycles. The monoisotopic (exact) mass is 385 g/mol. The van der Waals surface area contributed by atoms with E-state index in [0.29, 0.717) is 17.9 Å². The molecular formula is C20H19NO5S. The fourth-order valence-electron chi connectivity index (χ4n) is 2.95. The van der Waals surface area contributed by atoms with Crippen LogP contribution in [0.3, 0.4) is 0 Å². The molecule has 0 fully saturated rings. The van der Waals surface area contributed by atoms with Crippen LogP contribution in [0.2, 0.25) is 0 Å². The Bertz CT molecular complexity index is 1030. The summed E-state index contributed by atoms with van der Waals surface area (Å²) in [5.74, 6) is -0.461. The lowest BCUT2D eigenvalue weighted by Gasteiger charge is -2.30. The number of carbonyl (C=O) groups is 2. The van der Waals surface area contributed by atoms with E-state index in [1.807, 2.05) is 6.92 Å². The Kier molecular flexibility index (Phi) is 5.25. The van der Waals surface area contributed by atoms with Crippen LogP contribution in [-0.4, -0.2) is 44.0 Å². The van der Waals surface area contributed by atoms with Gasteiger partial charge < -0.3 is 4.74 Å². The molecule has 0 saturated carbocycles. The summed E-state index contributed by atoms with van der Waals surface area (Å²) in [7, 11) is -2.66. The number of sulfonamides is 1. The Balaban J connectivity index is 1.91. The van der Waals surface area contributed by atoms with Gasteiger partial charge >= 0.3 is 0 Å². The van der Waals surface area contributed by atoms with Crippen molar-refractivity contribution < 1.29 is 22.7 Å². The molecule has 6 nitrogen and oxygen atoms in total. The van der Waals surface area contributed by atoms with Crippen LogP contribution in [0.25, 0.3) is 6.08 Å². The largest absolute Gasteiger partial charge is 0.494 e. The third-order valence-corrected chi connectivity index (χ3v) is 6.18. The van der Waals surface area contributed by atoms with E-state index in [4.69, 9.17) is 4.74 Å². The van der Waals surface area contributed by atoms with Gasteiger partial charge in [-0.15, -0.1) is 0 Å². The minimum absolute atomic E-state index is 0.0423. The van der Waals surface area contributed by atoms with Crippen molar-refractivity contribution in [3.8, 4) is 5.75 Å². The van der Waals surface area contributed by atoms with E-state index < -0.39 is 27.6 Å². The Morgan fingerprint density at radius 3 is 2.67 bits per heavy atom. The third-order valence-electron chi connectivity index (χ3n) is 4.30. The SMILES string of the molecule is CCOc1cccc(C=CC(=O)C2C(=O)c3ccccc3S(=O)(=O)N2C)c1. The molecule has 0 spiro atoms. The van der Waals surface area contributed by atoms with Gasteiger partial charge in [-0.05, 0) is 42.8 Å². The number of fused-ring (bicyclic) bond motifs is 1. The van der Waals surface area contributed by atoms with Gasteiger partial charge in [0.15, 0.2) is 17.6 Å². The van der Waals surface area contributed by atoms with E-state index in [9.17, 15) is 18.0 Å². The molecule has 1 heterocycles. The van der Waals surface area contributed by atoms with Crippen molar-refractivity contribution in [2.24, 2.45) is 0 Å². The van der Waals surface area contributed by atoms with Crippen molar-refractivity contribution in [1.29, 1.82) is 0 Å². The maximum atomic E-state index is 12.7. The number of hydrogen-bond acceptors (Lipinski definition) is 5. The number of Topliss-reactive ketones (excluding diaryl/α,β-unsaturated/α-hetero) is 1. The van der Waals surface area contributed by atoms with Gasteiger partial charge in [-0.1, -0.05) is 30.3 Å². The summed E-state index contributed by atoms with van der Waals surface area (Å²) in [6.45, 7) is 2.39. The smallest absolute Gasteiger partial charge is 0.244 e. The van der Waals surface area contributed by atoms with E-state index in [1.54, 1.807) is 42.5 Å². The molecular weight excluding hydrogens is 366 g/mol. The molecule has 1 unspecified atom stereocenters. The van der Waals surface area contributed by atoms with Crippen LogP contribution in [0.5, 0.6) is 5.75 Å². The quantitative estimate of drug-likeness (QED) is 0.584. The fourth-order valence-corrected chi connectivity index (χ4v) is 4.44. The van der Waals surface area contributed by atoms with Crippen molar-refractivity contribution in [1.82, 2.24) is 4.31 Å². The molecule has 0 aromatic heterocycles. The molecule has 0 N–H and O–H groups in total. The topological polar surface area (TPSA) is 80.8 Å². The van der Waals surface area contributed by atoms with Crippen molar-refractivity contribution >= 4 is 27.7 Å². The maximum absolute atomic E-state index is 12.7. The molecule has 2 aromatic carbocycles. The van der Waals surface area contributed by atoms with Gasteiger partial charge in [0.05, 0.1) is 11.5 Å². The summed E-state index contributed by atoms with van der Waals surface area (Å²) in [5.41, 5.74) is 0.754. The number of likely N-dealkylation sites (N-methyl/N-ethyl adjacent to an activating group) is 1. The zero-order chi connectivity index (χ0) is 19.6. The van der Waals surface area contributed by atoms with Gasteiger partial charge in [-0.25, -0.2) is 8.42 Å². The van der Waals surface area contributed by atoms with E-state index >= 15 is 0 Å². The van der Waals surface area contributed by atoms with Crippen molar-refractivity contribution in [2.75, 3.05) is 13.7 Å². The van der Waals surface area contributed by atoms with Crippen LogP contribution in [0.4, 0.5) is 0 Å². The molecule has 3 rings (SSSR count). The van der Waals surface area contributed by atoms with Crippen LogP contribution < -0.4 is 4.74 Å². The lowest BCUT2D eigenvalue weighted by atomic mass is 9.99. The van der Waals surface area contributed by atoms with Crippen LogP contribution in [-0.2, 0) is 14.8 Å². The highest BCUT2D eigenvalue weighted by Gasteiger charge is 2.44. The third kappa shape index (κ3) is 3.56. The summed E-state index contributed by atoms with van der Waals surface area (Å²) in [6.07, 6.45) is 2.77. The second kappa shape index (κ2) is 7.46. The Morgan fingerprint density at radius 1 is 1.19 bits per heavy atom. The molecule has 27 heavy (non-hydrogen) atoms. The first kappa shape index (κ1) is 19.0. The van der Waals surface area contributed by atoms with Crippen molar-refractivity contribution in [2.45, 2.75) is 17.9 Å². The highest BCUT2D eigenvalue weighted by atomic mass is 32.2. The predicted octanol–water partition coefficient (Wildman–Crippen LogP) is 2.55. The predicted molar refractivity (Wildman–Crippen MR) is 101 cm³/mol. The van der Waals surface area contributed by atoms with Gasteiger partial charge in [-0.3, -0.25) is 9.59 Å². The lowest BCUT2D eigenvalue weighted by molar-refractivity contribution is -0.116. The number of nitrogens with zero attached hydrogens (tertiary/aromatic N) is 1. The summed E-state index contributed by atoms with van der Waals surface area (Å²) in [6, 6.07) is 11.6.